The van der Waals surface area contributed by atoms with E-state index in [1.807, 2.05) is 0 Å². The van der Waals surface area contributed by atoms with E-state index >= 15 is 0 Å². The number of fused-ring (bicyclic) bond motifs is 5. The highest BCUT2D eigenvalue weighted by Gasteiger charge is 2.27. The fourth-order valence-electron chi connectivity index (χ4n) is 7.02. The molecule has 0 unspecified atom stereocenters. The van der Waals surface area contributed by atoms with E-state index in [0.29, 0.717) is 17.6 Å². The number of hydrogen-bond acceptors (Lipinski definition) is 3. The quantitative estimate of drug-likeness (QED) is 0.188. The van der Waals surface area contributed by atoms with Crippen molar-refractivity contribution in [2.45, 2.75) is 73.1 Å². The topological polar surface area (TPSA) is 48.5 Å². The molecule has 0 atom stereocenters. The van der Waals surface area contributed by atoms with Gasteiger partial charge in [0.1, 0.15) is 5.65 Å². The van der Waals surface area contributed by atoms with E-state index in [2.05, 4.69) is 181 Å². The van der Waals surface area contributed by atoms with Crippen molar-refractivity contribution in [3.63, 3.8) is 0 Å². The summed E-state index contributed by atoms with van der Waals surface area (Å²) in [5.74, 6) is 1.88. The minimum Gasteiger partial charge on any atom is -0.295 e. The largest absolute Gasteiger partial charge is 0.295 e. The van der Waals surface area contributed by atoms with Gasteiger partial charge in [0.15, 0.2) is 11.6 Å². The van der Waals surface area contributed by atoms with Crippen LogP contribution in [0.2, 0.25) is 0 Å². The molecule has 0 aliphatic rings. The molecule has 5 aromatic carbocycles. The summed E-state index contributed by atoms with van der Waals surface area (Å²) in [6, 6.07) is 39.6. The predicted octanol–water partition coefficient (Wildman–Crippen LogP) is 11.8. The second kappa shape index (κ2) is 11.8. The van der Waals surface area contributed by atoms with Gasteiger partial charge in [-0.2, -0.15) is 9.97 Å². The van der Waals surface area contributed by atoms with Crippen LogP contribution >= 0.6 is 0 Å². The average Bonchev–Trinajstić information content (AvgIpc) is 3.60. The molecule has 0 saturated carbocycles. The first-order valence-corrected chi connectivity index (χ1v) is 17.9. The molecule has 5 nitrogen and oxygen atoms in total. The van der Waals surface area contributed by atoms with Gasteiger partial charge in [-0.3, -0.25) is 9.13 Å². The molecule has 0 aliphatic carbocycles. The first-order valence-electron chi connectivity index (χ1n) is 17.9. The number of benzene rings is 5. The lowest BCUT2D eigenvalue weighted by molar-refractivity contribution is 0.591. The number of hydrogen-bond donors (Lipinski definition) is 0. The van der Waals surface area contributed by atoms with Crippen LogP contribution in [0.3, 0.4) is 0 Å². The average molecular weight is 668 g/mol. The van der Waals surface area contributed by atoms with Crippen LogP contribution in [0, 0.1) is 20.8 Å². The number of aryl methyl sites for hydroxylation is 3. The lowest BCUT2D eigenvalue weighted by atomic mass is 9.85. The molecule has 8 aromatic rings. The van der Waals surface area contributed by atoms with Gasteiger partial charge in [0.05, 0.1) is 11.0 Å². The molecule has 0 saturated heterocycles. The van der Waals surface area contributed by atoms with E-state index in [1.54, 1.807) is 0 Å². The Morgan fingerprint density at radius 3 is 1.29 bits per heavy atom. The monoisotopic (exact) mass is 667 g/mol. The highest BCUT2D eigenvalue weighted by molar-refractivity contribution is 6.22. The third-order valence-corrected chi connectivity index (χ3v) is 10.1. The first kappa shape index (κ1) is 32.6. The molecule has 0 radical (unpaired) electrons. The fraction of sp³-hybridized carbons (Fsp3) is 0.239. The standard InChI is InChI=1S/C46H45N5/c1-28-10-16-31(17-11-28)41-47-42(32-18-12-29(2)13-19-32)49-44(48-41)51-39-25-21-34(46(7,8)9)27-37(39)40-36-26-33(45(4,5)6)20-24-38(36)50(43(40)51)35-22-14-30(3)15-23-35/h10-27H,1-9H3. The van der Waals surface area contributed by atoms with Crippen molar-refractivity contribution in [1.82, 2.24) is 24.1 Å². The van der Waals surface area contributed by atoms with Crippen molar-refractivity contribution in [2.75, 3.05) is 0 Å². The lowest BCUT2D eigenvalue weighted by Gasteiger charge is -2.20. The molecular weight excluding hydrogens is 623 g/mol. The maximum absolute atomic E-state index is 5.29. The van der Waals surface area contributed by atoms with Crippen LogP contribution in [0.25, 0.3) is 67.3 Å². The van der Waals surface area contributed by atoms with E-state index in [-0.39, 0.29) is 10.8 Å². The fourth-order valence-corrected chi connectivity index (χ4v) is 7.02. The zero-order valence-corrected chi connectivity index (χ0v) is 31.1. The molecule has 3 heterocycles. The second-order valence-electron chi connectivity index (χ2n) is 16.2. The van der Waals surface area contributed by atoms with E-state index in [1.165, 1.54) is 44.0 Å². The summed E-state index contributed by atoms with van der Waals surface area (Å²) in [4.78, 5) is 15.7. The van der Waals surface area contributed by atoms with Crippen molar-refractivity contribution in [1.29, 1.82) is 0 Å². The number of aromatic nitrogens is 5. The Bertz CT molecular complexity index is 2520. The van der Waals surface area contributed by atoms with E-state index in [4.69, 9.17) is 15.0 Å². The summed E-state index contributed by atoms with van der Waals surface area (Å²) in [6.07, 6.45) is 0. The molecule has 0 spiro atoms. The first-order chi connectivity index (χ1) is 24.3. The minimum absolute atomic E-state index is 0.0124. The SMILES string of the molecule is Cc1ccc(-c2nc(-c3ccc(C)cc3)nc(-n3c4ccc(C(C)(C)C)cc4c4c5cc(C(C)(C)C)ccc5n(-c5ccc(C)cc5)c43)n2)cc1. The Labute approximate surface area is 300 Å². The van der Waals surface area contributed by atoms with Gasteiger partial charge in [-0.05, 0) is 79.1 Å². The van der Waals surface area contributed by atoms with Gasteiger partial charge in [-0.1, -0.05) is 131 Å². The summed E-state index contributed by atoms with van der Waals surface area (Å²) in [5, 5.41) is 3.61. The summed E-state index contributed by atoms with van der Waals surface area (Å²) in [5.41, 5.74) is 12.4. The van der Waals surface area contributed by atoms with Crippen LogP contribution in [0.1, 0.15) is 69.4 Å². The second-order valence-corrected chi connectivity index (χ2v) is 16.2. The van der Waals surface area contributed by atoms with Crippen LogP contribution < -0.4 is 0 Å². The summed E-state index contributed by atoms with van der Waals surface area (Å²) >= 11 is 0. The Kier molecular flexibility index (Phi) is 7.53. The van der Waals surface area contributed by atoms with E-state index in [9.17, 15) is 0 Å². The molecule has 51 heavy (non-hydrogen) atoms. The van der Waals surface area contributed by atoms with Crippen molar-refractivity contribution in [2.24, 2.45) is 0 Å². The lowest BCUT2D eigenvalue weighted by Crippen LogP contribution is -2.11. The maximum Gasteiger partial charge on any atom is 0.239 e. The molecule has 0 N–H and O–H groups in total. The van der Waals surface area contributed by atoms with Crippen LogP contribution in [0.15, 0.2) is 109 Å². The van der Waals surface area contributed by atoms with Crippen molar-refractivity contribution < 1.29 is 0 Å². The molecule has 0 fully saturated rings. The highest BCUT2D eigenvalue weighted by atomic mass is 15.2. The third-order valence-electron chi connectivity index (χ3n) is 10.1. The van der Waals surface area contributed by atoms with Gasteiger partial charge in [-0.15, -0.1) is 0 Å². The van der Waals surface area contributed by atoms with Gasteiger partial charge in [0, 0.05) is 33.0 Å². The van der Waals surface area contributed by atoms with Crippen molar-refractivity contribution >= 4 is 32.8 Å². The maximum atomic E-state index is 5.29. The highest BCUT2D eigenvalue weighted by Crippen LogP contribution is 2.43. The van der Waals surface area contributed by atoms with Crippen molar-refractivity contribution in [3.8, 4) is 34.4 Å². The zero-order chi connectivity index (χ0) is 35.8. The van der Waals surface area contributed by atoms with Gasteiger partial charge in [0.25, 0.3) is 0 Å². The Morgan fingerprint density at radius 1 is 0.451 bits per heavy atom. The van der Waals surface area contributed by atoms with Crippen LogP contribution in [0.5, 0.6) is 0 Å². The normalized spacial score (nSPS) is 12.4. The molecular formula is C46H45N5. The molecule has 0 aliphatic heterocycles. The van der Waals surface area contributed by atoms with Crippen LogP contribution in [0.4, 0.5) is 0 Å². The predicted molar refractivity (Wildman–Crippen MR) is 213 cm³/mol. The number of nitrogens with zero attached hydrogens (tertiary/aromatic N) is 5. The summed E-state index contributed by atoms with van der Waals surface area (Å²) in [6.45, 7) is 20.0. The van der Waals surface area contributed by atoms with Crippen LogP contribution in [-0.4, -0.2) is 24.1 Å². The molecule has 8 rings (SSSR count). The molecule has 0 bridgehead atoms. The summed E-state index contributed by atoms with van der Waals surface area (Å²) in [7, 11) is 0. The summed E-state index contributed by atoms with van der Waals surface area (Å²) < 4.78 is 4.67. The number of rotatable bonds is 4. The molecule has 0 amide bonds. The molecule has 254 valence electrons. The minimum atomic E-state index is -0.0289. The Morgan fingerprint density at radius 2 is 0.863 bits per heavy atom. The van der Waals surface area contributed by atoms with Crippen LogP contribution in [-0.2, 0) is 10.8 Å². The van der Waals surface area contributed by atoms with Gasteiger partial charge in [-0.25, -0.2) is 4.98 Å². The zero-order valence-electron chi connectivity index (χ0n) is 31.1. The van der Waals surface area contributed by atoms with Gasteiger partial charge >= 0.3 is 0 Å². The van der Waals surface area contributed by atoms with Crippen molar-refractivity contribution in [3.05, 3.63) is 137 Å². The van der Waals surface area contributed by atoms with Gasteiger partial charge < -0.3 is 0 Å². The third kappa shape index (κ3) is 5.71. The van der Waals surface area contributed by atoms with E-state index in [0.717, 1.165) is 33.5 Å². The molecule has 3 aromatic heterocycles. The smallest absolute Gasteiger partial charge is 0.239 e. The van der Waals surface area contributed by atoms with E-state index < -0.39 is 0 Å². The van der Waals surface area contributed by atoms with Gasteiger partial charge in [0.2, 0.25) is 5.95 Å². The Balaban J connectivity index is 1.56. The molecule has 5 heteroatoms. The Hall–Kier alpha value is -5.55.